The number of carboxylic acid groups (broad SMARTS) is 1. The molecule has 0 aromatic rings. The van der Waals surface area contributed by atoms with Crippen LogP contribution >= 0.6 is 0 Å². The van der Waals surface area contributed by atoms with Gasteiger partial charge in [-0.3, -0.25) is 0 Å². The molecule has 1 fully saturated rings. The standard InChI is InChI=1S/C7H12O6/c8-2-5-6(10)3(9)1-4(13-5)7(11)12/h3-6,8-10H,1-2H2,(H,11,12)/t3-,4-,5-,6+/m1/s1. The van der Waals surface area contributed by atoms with Crippen LogP contribution in [0, 0.1) is 0 Å². The van der Waals surface area contributed by atoms with Gasteiger partial charge >= 0.3 is 5.97 Å². The number of hydrogen-bond acceptors (Lipinski definition) is 5. The maximum Gasteiger partial charge on any atom is 0.332 e. The van der Waals surface area contributed by atoms with Crippen molar-refractivity contribution in [3.63, 3.8) is 0 Å². The van der Waals surface area contributed by atoms with E-state index in [1.807, 2.05) is 0 Å². The van der Waals surface area contributed by atoms with Gasteiger partial charge in [0.1, 0.15) is 12.2 Å². The van der Waals surface area contributed by atoms with Gasteiger partial charge in [0, 0.05) is 6.42 Å². The third-order valence-corrected chi connectivity index (χ3v) is 2.03. The van der Waals surface area contributed by atoms with Gasteiger partial charge in [0.25, 0.3) is 0 Å². The molecular formula is C7H12O6. The SMILES string of the molecule is O=C(O)[C@H]1C[C@@H](O)[C@H](O)[C@@H](CO)O1. The van der Waals surface area contributed by atoms with Crippen LogP contribution in [0.25, 0.3) is 0 Å². The van der Waals surface area contributed by atoms with E-state index < -0.39 is 37.0 Å². The van der Waals surface area contributed by atoms with Gasteiger partial charge in [-0.25, -0.2) is 4.79 Å². The van der Waals surface area contributed by atoms with Gasteiger partial charge in [0.05, 0.1) is 12.7 Å². The molecule has 0 bridgehead atoms. The zero-order chi connectivity index (χ0) is 10.0. The molecule has 0 aromatic carbocycles. The summed E-state index contributed by atoms with van der Waals surface area (Å²) in [6, 6.07) is 0. The Morgan fingerprint density at radius 2 is 2.08 bits per heavy atom. The number of rotatable bonds is 2. The van der Waals surface area contributed by atoms with Crippen LogP contribution in [0.3, 0.4) is 0 Å². The second-order valence-corrected chi connectivity index (χ2v) is 2.98. The van der Waals surface area contributed by atoms with E-state index >= 15 is 0 Å². The number of aliphatic carboxylic acids is 1. The topological polar surface area (TPSA) is 107 Å². The predicted molar refractivity (Wildman–Crippen MR) is 40.0 cm³/mol. The summed E-state index contributed by atoms with van der Waals surface area (Å²) >= 11 is 0. The molecule has 1 saturated heterocycles. The number of hydrogen-bond donors (Lipinski definition) is 4. The highest BCUT2D eigenvalue weighted by Crippen LogP contribution is 2.20. The molecule has 0 aliphatic carbocycles. The van der Waals surface area contributed by atoms with Crippen LogP contribution in [0.4, 0.5) is 0 Å². The molecule has 0 amide bonds. The van der Waals surface area contributed by atoms with Crippen molar-refractivity contribution in [1.29, 1.82) is 0 Å². The minimum absolute atomic E-state index is 0.160. The fraction of sp³-hybridized carbons (Fsp3) is 0.857. The minimum atomic E-state index is -1.22. The van der Waals surface area contributed by atoms with Crippen molar-refractivity contribution >= 4 is 5.97 Å². The normalized spacial score (nSPS) is 40.2. The monoisotopic (exact) mass is 192 g/mol. The van der Waals surface area contributed by atoms with Crippen molar-refractivity contribution in [3.05, 3.63) is 0 Å². The molecule has 0 aromatic heterocycles. The van der Waals surface area contributed by atoms with E-state index in [4.69, 9.17) is 14.9 Å². The highest BCUT2D eigenvalue weighted by Gasteiger charge is 2.39. The molecular weight excluding hydrogens is 180 g/mol. The first kappa shape index (κ1) is 10.4. The van der Waals surface area contributed by atoms with Gasteiger partial charge in [0.15, 0.2) is 6.10 Å². The Morgan fingerprint density at radius 3 is 2.54 bits per heavy atom. The van der Waals surface area contributed by atoms with Gasteiger partial charge in [-0.05, 0) is 0 Å². The molecule has 1 rings (SSSR count). The Labute approximate surface area is 74.4 Å². The lowest BCUT2D eigenvalue weighted by atomic mass is 9.98. The first-order valence-corrected chi connectivity index (χ1v) is 3.91. The van der Waals surface area contributed by atoms with E-state index in [0.717, 1.165) is 0 Å². The van der Waals surface area contributed by atoms with Crippen molar-refractivity contribution in [1.82, 2.24) is 0 Å². The maximum absolute atomic E-state index is 10.5. The fourth-order valence-electron chi connectivity index (χ4n) is 1.26. The molecule has 4 atom stereocenters. The largest absolute Gasteiger partial charge is 0.479 e. The number of ether oxygens (including phenoxy) is 1. The lowest BCUT2D eigenvalue weighted by molar-refractivity contribution is -0.195. The summed E-state index contributed by atoms with van der Waals surface area (Å²) in [6.07, 6.45) is -4.72. The second-order valence-electron chi connectivity index (χ2n) is 2.98. The zero-order valence-electron chi connectivity index (χ0n) is 6.83. The van der Waals surface area contributed by atoms with Gasteiger partial charge in [0.2, 0.25) is 0 Å². The third-order valence-electron chi connectivity index (χ3n) is 2.03. The first-order valence-electron chi connectivity index (χ1n) is 3.91. The van der Waals surface area contributed by atoms with Gasteiger partial charge < -0.3 is 25.2 Å². The van der Waals surface area contributed by atoms with E-state index in [-0.39, 0.29) is 6.42 Å². The predicted octanol–water partition coefficient (Wildman–Crippen LogP) is -2.06. The molecule has 0 saturated carbocycles. The maximum atomic E-state index is 10.5. The Hall–Kier alpha value is -0.690. The second kappa shape index (κ2) is 4.01. The van der Waals surface area contributed by atoms with E-state index in [9.17, 15) is 15.0 Å². The average molecular weight is 192 g/mol. The molecule has 0 radical (unpaired) electrons. The van der Waals surface area contributed by atoms with Gasteiger partial charge in [-0.1, -0.05) is 0 Å². The molecule has 1 aliphatic heterocycles. The lowest BCUT2D eigenvalue weighted by Crippen LogP contribution is -2.51. The van der Waals surface area contributed by atoms with E-state index in [2.05, 4.69) is 0 Å². The Balaban J connectivity index is 2.63. The molecule has 6 nitrogen and oxygen atoms in total. The minimum Gasteiger partial charge on any atom is -0.479 e. The summed E-state index contributed by atoms with van der Waals surface area (Å²) in [6.45, 7) is -0.512. The van der Waals surface area contributed by atoms with Crippen LogP contribution in [0.5, 0.6) is 0 Å². The molecule has 1 aliphatic rings. The van der Waals surface area contributed by atoms with Crippen molar-refractivity contribution in [2.75, 3.05) is 6.61 Å². The van der Waals surface area contributed by atoms with Crippen LogP contribution in [0.15, 0.2) is 0 Å². The number of aliphatic hydroxyl groups is 3. The number of carbonyl (C=O) groups is 1. The third kappa shape index (κ3) is 2.16. The van der Waals surface area contributed by atoms with E-state index in [0.29, 0.717) is 0 Å². The summed E-state index contributed by atoms with van der Waals surface area (Å²) in [5.41, 5.74) is 0. The molecule has 1 heterocycles. The number of carboxylic acids is 1. The Morgan fingerprint density at radius 1 is 1.46 bits per heavy atom. The quantitative estimate of drug-likeness (QED) is 0.401. The van der Waals surface area contributed by atoms with Crippen molar-refractivity contribution in [2.45, 2.75) is 30.8 Å². The molecule has 13 heavy (non-hydrogen) atoms. The molecule has 4 N–H and O–H groups in total. The van der Waals surface area contributed by atoms with Crippen LogP contribution in [0.2, 0.25) is 0 Å². The van der Waals surface area contributed by atoms with Crippen molar-refractivity contribution in [2.24, 2.45) is 0 Å². The summed E-state index contributed by atoms with van der Waals surface area (Å²) in [5, 5.41) is 35.6. The smallest absolute Gasteiger partial charge is 0.332 e. The first-order chi connectivity index (χ1) is 6.06. The van der Waals surface area contributed by atoms with Crippen LogP contribution < -0.4 is 0 Å². The van der Waals surface area contributed by atoms with Gasteiger partial charge in [-0.15, -0.1) is 0 Å². The Bertz CT molecular complexity index is 193. The summed E-state index contributed by atoms with van der Waals surface area (Å²) < 4.78 is 4.82. The fourth-order valence-corrected chi connectivity index (χ4v) is 1.26. The molecule has 0 spiro atoms. The zero-order valence-corrected chi connectivity index (χ0v) is 6.83. The summed E-state index contributed by atoms with van der Waals surface area (Å²) in [7, 11) is 0. The Kier molecular flexibility index (Phi) is 3.21. The highest BCUT2D eigenvalue weighted by molar-refractivity contribution is 5.72. The lowest BCUT2D eigenvalue weighted by Gasteiger charge is -2.34. The number of aliphatic hydroxyl groups excluding tert-OH is 3. The van der Waals surface area contributed by atoms with Crippen molar-refractivity contribution < 1.29 is 30.0 Å². The average Bonchev–Trinajstić information content (AvgIpc) is 2.09. The van der Waals surface area contributed by atoms with E-state index in [1.54, 1.807) is 0 Å². The van der Waals surface area contributed by atoms with E-state index in [1.165, 1.54) is 0 Å². The van der Waals surface area contributed by atoms with Crippen LogP contribution in [-0.4, -0.2) is 57.4 Å². The van der Waals surface area contributed by atoms with Crippen LogP contribution in [0.1, 0.15) is 6.42 Å². The highest BCUT2D eigenvalue weighted by atomic mass is 16.5. The van der Waals surface area contributed by atoms with Crippen molar-refractivity contribution in [3.8, 4) is 0 Å². The molecule has 76 valence electrons. The summed E-state index contributed by atoms with van der Waals surface area (Å²) in [5.74, 6) is -1.20. The molecule has 0 unspecified atom stereocenters. The molecule has 6 heteroatoms. The summed E-state index contributed by atoms with van der Waals surface area (Å²) in [4.78, 5) is 10.5. The van der Waals surface area contributed by atoms with Crippen LogP contribution in [-0.2, 0) is 9.53 Å². The van der Waals surface area contributed by atoms with Gasteiger partial charge in [-0.2, -0.15) is 0 Å².